The molecule has 0 unspecified atom stereocenters. The van der Waals surface area contributed by atoms with Crippen molar-refractivity contribution >= 4 is 28.8 Å². The van der Waals surface area contributed by atoms with Crippen LogP contribution in [0.25, 0.3) is 17.0 Å². The van der Waals surface area contributed by atoms with Crippen molar-refractivity contribution in [3.63, 3.8) is 0 Å². The van der Waals surface area contributed by atoms with Gasteiger partial charge in [-0.25, -0.2) is 9.59 Å². The Kier molecular flexibility index (Phi) is 8.24. The average molecular weight is 465 g/mol. The molecular weight excluding hydrogens is 436 g/mol. The van der Waals surface area contributed by atoms with Crippen LogP contribution in [0.15, 0.2) is 51.7 Å². The van der Waals surface area contributed by atoms with Crippen molar-refractivity contribution in [2.24, 2.45) is 0 Å². The van der Waals surface area contributed by atoms with Crippen LogP contribution in [-0.2, 0) is 4.79 Å². The smallest absolute Gasteiger partial charge is 0.336 e. The summed E-state index contributed by atoms with van der Waals surface area (Å²) in [5, 5.41) is 0.601. The normalized spacial score (nSPS) is 11.1. The lowest BCUT2D eigenvalue weighted by atomic mass is 10.0. The number of ether oxygens (including phenoxy) is 3. The Morgan fingerprint density at radius 3 is 2.50 bits per heavy atom. The number of hydrogen-bond donors (Lipinski definition) is 0. The molecule has 1 heterocycles. The second-order valence-electron chi connectivity index (χ2n) is 7.84. The lowest BCUT2D eigenvalue weighted by Gasteiger charge is -2.11. The van der Waals surface area contributed by atoms with Gasteiger partial charge in [-0.2, -0.15) is 0 Å². The van der Waals surface area contributed by atoms with Crippen LogP contribution in [0.3, 0.4) is 0 Å². The summed E-state index contributed by atoms with van der Waals surface area (Å²) in [7, 11) is 1.55. The Labute approximate surface area is 197 Å². The first kappa shape index (κ1) is 24.8. The van der Waals surface area contributed by atoms with E-state index in [9.17, 15) is 14.4 Å². The minimum absolute atomic E-state index is 0.0248. The number of Topliss-reactive ketones (excluding diaryl/α,β-unsaturated/α-hetero) is 1. The van der Waals surface area contributed by atoms with Gasteiger partial charge in [0.05, 0.1) is 13.7 Å². The first-order chi connectivity index (χ1) is 16.3. The molecule has 0 amide bonds. The van der Waals surface area contributed by atoms with E-state index < -0.39 is 11.6 Å². The lowest BCUT2D eigenvalue weighted by molar-refractivity contribution is -0.128. The van der Waals surface area contributed by atoms with Crippen LogP contribution in [0.1, 0.15) is 54.6 Å². The molecule has 2 aromatic carbocycles. The van der Waals surface area contributed by atoms with E-state index in [4.69, 9.17) is 18.6 Å². The highest BCUT2D eigenvalue weighted by Crippen LogP contribution is 2.31. The van der Waals surface area contributed by atoms with Crippen molar-refractivity contribution < 1.29 is 28.2 Å². The second-order valence-corrected chi connectivity index (χ2v) is 7.84. The minimum Gasteiger partial charge on any atom is -0.493 e. The summed E-state index contributed by atoms with van der Waals surface area (Å²) in [6, 6.07) is 9.86. The van der Waals surface area contributed by atoms with Crippen LogP contribution in [-0.4, -0.2) is 25.5 Å². The Morgan fingerprint density at radius 1 is 1.03 bits per heavy atom. The summed E-state index contributed by atoms with van der Waals surface area (Å²) in [4.78, 5) is 36.6. The summed E-state index contributed by atoms with van der Waals surface area (Å²) in [6.45, 7) is 5.80. The third-order valence-corrected chi connectivity index (χ3v) is 5.25. The van der Waals surface area contributed by atoms with Gasteiger partial charge in [-0.15, -0.1) is 0 Å². The molecular formula is C27H28O7. The van der Waals surface area contributed by atoms with E-state index in [1.54, 1.807) is 44.4 Å². The summed E-state index contributed by atoms with van der Waals surface area (Å²) in [5.74, 6) is 0.154. The average Bonchev–Trinajstić information content (AvgIpc) is 2.80. The monoisotopic (exact) mass is 464 g/mol. The fourth-order valence-electron chi connectivity index (χ4n) is 3.53. The Morgan fingerprint density at radius 2 is 1.79 bits per heavy atom. The largest absolute Gasteiger partial charge is 0.493 e. The number of carbonyl (C=O) groups is 2. The molecule has 0 aliphatic carbocycles. The van der Waals surface area contributed by atoms with Gasteiger partial charge in [-0.05, 0) is 61.7 Å². The van der Waals surface area contributed by atoms with Gasteiger partial charge in [0.15, 0.2) is 22.9 Å². The fourth-order valence-corrected chi connectivity index (χ4v) is 3.53. The molecule has 7 nitrogen and oxygen atoms in total. The minimum atomic E-state index is -0.685. The van der Waals surface area contributed by atoms with Crippen molar-refractivity contribution in [2.75, 3.05) is 13.7 Å². The number of hydrogen-bond acceptors (Lipinski definition) is 7. The number of aryl methyl sites for hydroxylation is 1. The molecule has 0 saturated heterocycles. The zero-order chi connectivity index (χ0) is 24.7. The molecule has 0 radical (unpaired) electrons. The van der Waals surface area contributed by atoms with Crippen molar-refractivity contribution in [1.82, 2.24) is 0 Å². The third kappa shape index (κ3) is 5.92. The molecule has 34 heavy (non-hydrogen) atoms. The molecule has 178 valence electrons. The van der Waals surface area contributed by atoms with Gasteiger partial charge in [0.25, 0.3) is 0 Å². The number of esters is 1. The van der Waals surface area contributed by atoms with Crippen LogP contribution < -0.4 is 19.8 Å². The molecule has 0 saturated carbocycles. The van der Waals surface area contributed by atoms with Crippen molar-refractivity contribution in [3.05, 3.63) is 69.6 Å². The predicted octanol–water partition coefficient (Wildman–Crippen LogP) is 5.50. The molecule has 0 atom stereocenters. The van der Waals surface area contributed by atoms with Gasteiger partial charge in [0.1, 0.15) is 11.3 Å². The summed E-state index contributed by atoms with van der Waals surface area (Å²) in [5.41, 5.74) is 0.944. The van der Waals surface area contributed by atoms with E-state index in [1.807, 2.05) is 0 Å². The molecule has 0 bridgehead atoms. The van der Waals surface area contributed by atoms with Gasteiger partial charge in [0.2, 0.25) is 0 Å². The maximum absolute atomic E-state index is 12.5. The SMILES string of the molecule is CCCCCOc1ccc(/C=C/C(=O)Oc2ccc3c(C)cc(=O)oc3c2C(C)=O)cc1OC. The molecule has 0 aliphatic rings. The van der Waals surface area contributed by atoms with Gasteiger partial charge in [-0.1, -0.05) is 25.8 Å². The number of carbonyl (C=O) groups excluding carboxylic acids is 2. The molecule has 0 fully saturated rings. The zero-order valence-electron chi connectivity index (χ0n) is 19.8. The standard InChI is InChI=1S/C27H28O7/c1-5-6-7-14-32-21-11-8-19(16-23(21)31-4)9-13-24(29)33-22-12-10-20-17(2)15-25(30)34-27(20)26(22)18(3)28/h8-13,15-16H,5-7,14H2,1-4H3/b13-9+. The van der Waals surface area contributed by atoms with E-state index in [1.165, 1.54) is 25.1 Å². The number of ketones is 1. The van der Waals surface area contributed by atoms with E-state index in [0.29, 0.717) is 34.6 Å². The van der Waals surface area contributed by atoms with Gasteiger partial charge in [-0.3, -0.25) is 4.79 Å². The fraction of sp³-hybridized carbons (Fsp3) is 0.296. The summed E-state index contributed by atoms with van der Waals surface area (Å²) >= 11 is 0. The maximum atomic E-state index is 12.5. The highest BCUT2D eigenvalue weighted by Gasteiger charge is 2.19. The first-order valence-electron chi connectivity index (χ1n) is 11.1. The van der Waals surface area contributed by atoms with E-state index in [-0.39, 0.29) is 22.7 Å². The molecule has 0 aliphatic heterocycles. The highest BCUT2D eigenvalue weighted by molar-refractivity contribution is 6.08. The van der Waals surface area contributed by atoms with Crippen molar-refractivity contribution in [1.29, 1.82) is 0 Å². The number of methoxy groups -OCH3 is 1. The Bertz CT molecular complexity index is 1280. The molecule has 0 N–H and O–H groups in total. The number of rotatable bonds is 10. The number of unbranched alkanes of at least 4 members (excludes halogenated alkanes) is 2. The first-order valence-corrected chi connectivity index (χ1v) is 11.1. The molecule has 7 heteroatoms. The van der Waals surface area contributed by atoms with Crippen LogP contribution in [0, 0.1) is 6.92 Å². The van der Waals surface area contributed by atoms with Gasteiger partial charge >= 0.3 is 11.6 Å². The summed E-state index contributed by atoms with van der Waals surface area (Å²) in [6.07, 6.45) is 6.00. The van der Waals surface area contributed by atoms with Crippen molar-refractivity contribution in [2.45, 2.75) is 40.0 Å². The second kappa shape index (κ2) is 11.3. The zero-order valence-corrected chi connectivity index (χ0v) is 19.8. The topological polar surface area (TPSA) is 92.0 Å². The molecule has 1 aromatic heterocycles. The molecule has 0 spiro atoms. The molecule has 3 aromatic rings. The summed E-state index contributed by atoms with van der Waals surface area (Å²) < 4.78 is 21.8. The molecule has 3 rings (SSSR count). The van der Waals surface area contributed by atoms with Crippen LogP contribution in [0.2, 0.25) is 0 Å². The van der Waals surface area contributed by atoms with E-state index in [2.05, 4.69) is 6.92 Å². The Balaban J connectivity index is 1.79. The Hall–Kier alpha value is -3.87. The lowest BCUT2D eigenvalue weighted by Crippen LogP contribution is -2.09. The highest BCUT2D eigenvalue weighted by atomic mass is 16.5. The number of benzene rings is 2. The van der Waals surface area contributed by atoms with E-state index in [0.717, 1.165) is 19.3 Å². The predicted molar refractivity (Wildman–Crippen MR) is 130 cm³/mol. The van der Waals surface area contributed by atoms with Gasteiger partial charge < -0.3 is 18.6 Å². The quantitative estimate of drug-likeness (QED) is 0.0977. The van der Waals surface area contributed by atoms with Gasteiger partial charge in [0, 0.05) is 17.5 Å². The van der Waals surface area contributed by atoms with E-state index >= 15 is 0 Å². The van der Waals surface area contributed by atoms with Crippen LogP contribution in [0.5, 0.6) is 17.2 Å². The van der Waals surface area contributed by atoms with Crippen LogP contribution in [0.4, 0.5) is 0 Å². The number of fused-ring (bicyclic) bond motifs is 1. The third-order valence-electron chi connectivity index (χ3n) is 5.25. The maximum Gasteiger partial charge on any atom is 0.336 e. The van der Waals surface area contributed by atoms with Crippen molar-refractivity contribution in [3.8, 4) is 17.2 Å². The van der Waals surface area contributed by atoms with Crippen LogP contribution >= 0.6 is 0 Å².